The highest BCUT2D eigenvalue weighted by molar-refractivity contribution is 8.16. The minimum absolute atomic E-state index is 0.0121. The van der Waals surface area contributed by atoms with E-state index in [2.05, 4.69) is 0 Å². The molecule has 3 rings (SSSR count). The van der Waals surface area contributed by atoms with Crippen LogP contribution in [0.1, 0.15) is 44.2 Å². The van der Waals surface area contributed by atoms with Gasteiger partial charge in [-0.05, 0) is 66.8 Å². The number of ketones is 1. The monoisotopic (exact) mass is 358 g/mol. The first-order valence-corrected chi connectivity index (χ1v) is 9.89. The van der Waals surface area contributed by atoms with Crippen LogP contribution in [-0.2, 0) is 0 Å². The third kappa shape index (κ3) is 4.22. The summed E-state index contributed by atoms with van der Waals surface area (Å²) in [4.78, 5) is 23.5. The number of esters is 1. The first-order chi connectivity index (χ1) is 11.6. The summed E-state index contributed by atoms with van der Waals surface area (Å²) in [6.07, 6.45) is 1.26. The van der Waals surface area contributed by atoms with Gasteiger partial charge in [0.25, 0.3) is 0 Å². The van der Waals surface area contributed by atoms with E-state index in [9.17, 15) is 9.59 Å². The van der Waals surface area contributed by atoms with Gasteiger partial charge in [-0.3, -0.25) is 4.79 Å². The molecule has 1 heterocycles. The smallest absolute Gasteiger partial charge is 0.343 e. The number of thioether (sulfide) groups is 2. The molecule has 0 saturated carbocycles. The maximum Gasteiger partial charge on any atom is 0.343 e. The van der Waals surface area contributed by atoms with E-state index in [-0.39, 0.29) is 11.8 Å². The van der Waals surface area contributed by atoms with Crippen LogP contribution in [0.15, 0.2) is 48.5 Å². The molecule has 1 aliphatic heterocycles. The fraction of sp³-hybridized carbons (Fsp3) is 0.263. The van der Waals surface area contributed by atoms with E-state index in [1.54, 1.807) is 24.3 Å². The molecule has 2 aromatic rings. The van der Waals surface area contributed by atoms with Gasteiger partial charge in [0, 0.05) is 5.56 Å². The van der Waals surface area contributed by atoms with E-state index in [4.69, 9.17) is 4.74 Å². The van der Waals surface area contributed by atoms with Crippen LogP contribution < -0.4 is 4.74 Å². The molecule has 0 spiro atoms. The summed E-state index contributed by atoms with van der Waals surface area (Å²) in [6, 6.07) is 14.2. The molecule has 2 aromatic carbocycles. The van der Waals surface area contributed by atoms with Gasteiger partial charge in [-0.15, -0.1) is 23.5 Å². The average molecular weight is 358 g/mol. The topological polar surface area (TPSA) is 43.4 Å². The highest BCUT2D eigenvalue weighted by atomic mass is 32.2. The molecule has 3 nitrogen and oxygen atoms in total. The Balaban J connectivity index is 1.65. The predicted molar refractivity (Wildman–Crippen MR) is 100 cm³/mol. The summed E-state index contributed by atoms with van der Waals surface area (Å²) in [5, 5.41) is 0. The number of Topliss-reactive ketones (excluding diaryl/α,β-unsaturated/α-hetero) is 1. The van der Waals surface area contributed by atoms with Crippen LogP contribution in [0.2, 0.25) is 0 Å². The zero-order valence-corrected chi connectivity index (χ0v) is 15.0. The molecule has 0 amide bonds. The van der Waals surface area contributed by atoms with E-state index >= 15 is 0 Å². The Bertz CT molecular complexity index is 717. The molecule has 0 atom stereocenters. The maximum atomic E-state index is 12.2. The fourth-order valence-electron chi connectivity index (χ4n) is 2.38. The normalized spacial score (nSPS) is 15.0. The second-order valence-corrected chi connectivity index (χ2v) is 8.24. The number of benzene rings is 2. The molecular weight excluding hydrogens is 340 g/mol. The zero-order valence-electron chi connectivity index (χ0n) is 13.4. The highest BCUT2D eigenvalue weighted by Gasteiger charge is 2.17. The van der Waals surface area contributed by atoms with Gasteiger partial charge in [-0.1, -0.05) is 12.1 Å². The molecule has 0 aliphatic carbocycles. The van der Waals surface area contributed by atoms with E-state index in [0.29, 0.717) is 21.5 Å². The zero-order chi connectivity index (χ0) is 16.9. The first kappa shape index (κ1) is 17.1. The van der Waals surface area contributed by atoms with Gasteiger partial charge >= 0.3 is 5.97 Å². The van der Waals surface area contributed by atoms with Gasteiger partial charge < -0.3 is 4.74 Å². The molecule has 0 bridgehead atoms. The van der Waals surface area contributed by atoms with Gasteiger partial charge in [-0.2, -0.15) is 0 Å². The van der Waals surface area contributed by atoms with Crippen molar-refractivity contribution in [1.29, 1.82) is 0 Å². The number of ether oxygens (including phenoxy) is 1. The van der Waals surface area contributed by atoms with Crippen molar-refractivity contribution in [1.82, 2.24) is 0 Å². The molecule has 1 fully saturated rings. The van der Waals surface area contributed by atoms with Gasteiger partial charge in [0.1, 0.15) is 5.75 Å². The lowest BCUT2D eigenvalue weighted by Crippen LogP contribution is -2.09. The summed E-state index contributed by atoms with van der Waals surface area (Å²) in [5.74, 6) is 2.42. The van der Waals surface area contributed by atoms with Gasteiger partial charge in [0.2, 0.25) is 0 Å². The van der Waals surface area contributed by atoms with Crippen molar-refractivity contribution in [2.75, 3.05) is 11.5 Å². The van der Waals surface area contributed by atoms with Crippen LogP contribution in [0.4, 0.5) is 0 Å². The Kier molecular flexibility index (Phi) is 5.63. The summed E-state index contributed by atoms with van der Waals surface area (Å²) in [7, 11) is 0. The highest BCUT2D eigenvalue weighted by Crippen LogP contribution is 2.43. The lowest BCUT2D eigenvalue weighted by molar-refractivity contribution is 0.0734. The van der Waals surface area contributed by atoms with Crippen molar-refractivity contribution in [3.8, 4) is 5.75 Å². The van der Waals surface area contributed by atoms with Crippen LogP contribution in [0.5, 0.6) is 5.75 Å². The minimum atomic E-state index is -0.388. The average Bonchev–Trinajstić information content (AvgIpc) is 2.63. The number of hydrogen-bond acceptors (Lipinski definition) is 5. The van der Waals surface area contributed by atoms with Crippen molar-refractivity contribution < 1.29 is 14.3 Å². The lowest BCUT2D eigenvalue weighted by Gasteiger charge is -2.21. The van der Waals surface area contributed by atoms with E-state index < -0.39 is 0 Å². The van der Waals surface area contributed by atoms with Crippen molar-refractivity contribution >= 4 is 35.3 Å². The molecule has 5 heteroatoms. The molecule has 0 unspecified atom stereocenters. The number of hydrogen-bond donors (Lipinski definition) is 0. The Morgan fingerprint density at radius 3 is 2.08 bits per heavy atom. The summed E-state index contributed by atoms with van der Waals surface area (Å²) in [5.41, 5.74) is 2.37. The fourth-order valence-corrected chi connectivity index (χ4v) is 5.27. The molecule has 0 N–H and O–H groups in total. The number of carbonyl (C=O) groups is 2. The van der Waals surface area contributed by atoms with Crippen molar-refractivity contribution in [3.63, 3.8) is 0 Å². The third-order valence-electron chi connectivity index (χ3n) is 3.72. The van der Waals surface area contributed by atoms with Crippen LogP contribution >= 0.6 is 23.5 Å². The second-order valence-electron chi connectivity index (χ2n) is 5.52. The SMILES string of the molecule is CC(=O)c1ccc(OC(=O)c2ccc(C3SCCCS3)cc2)cc1. The quantitative estimate of drug-likeness (QED) is 0.438. The van der Waals surface area contributed by atoms with Crippen molar-refractivity contribution in [2.45, 2.75) is 17.9 Å². The minimum Gasteiger partial charge on any atom is -0.423 e. The number of carbonyl (C=O) groups excluding carboxylic acids is 2. The van der Waals surface area contributed by atoms with Gasteiger partial charge in [0.15, 0.2) is 5.78 Å². The van der Waals surface area contributed by atoms with E-state index in [1.807, 2.05) is 47.8 Å². The largest absolute Gasteiger partial charge is 0.423 e. The Hall–Kier alpha value is -1.72. The van der Waals surface area contributed by atoms with E-state index in [1.165, 1.54) is 30.4 Å². The summed E-state index contributed by atoms with van der Waals surface area (Å²) >= 11 is 3.91. The summed E-state index contributed by atoms with van der Waals surface area (Å²) < 4.78 is 5.82. The molecule has 0 radical (unpaired) electrons. The molecular formula is C19H18O3S2. The lowest BCUT2D eigenvalue weighted by atomic mass is 10.1. The first-order valence-electron chi connectivity index (χ1n) is 7.80. The Morgan fingerprint density at radius 2 is 1.50 bits per heavy atom. The standard InChI is InChI=1S/C19H18O3S2/c1-13(20)14-7-9-17(10-8-14)22-18(21)15-3-5-16(6-4-15)19-23-11-2-12-24-19/h3-10,19H,2,11-12H2,1H3. The van der Waals surface area contributed by atoms with Gasteiger partial charge in [0.05, 0.1) is 10.1 Å². The predicted octanol–water partition coefficient (Wildman–Crippen LogP) is 4.98. The van der Waals surface area contributed by atoms with Crippen LogP contribution in [0.3, 0.4) is 0 Å². The Morgan fingerprint density at radius 1 is 0.917 bits per heavy atom. The van der Waals surface area contributed by atoms with Crippen LogP contribution in [0, 0.1) is 0 Å². The van der Waals surface area contributed by atoms with Crippen molar-refractivity contribution in [3.05, 3.63) is 65.2 Å². The van der Waals surface area contributed by atoms with Crippen LogP contribution in [0.25, 0.3) is 0 Å². The van der Waals surface area contributed by atoms with Crippen molar-refractivity contribution in [2.24, 2.45) is 0 Å². The van der Waals surface area contributed by atoms with E-state index in [0.717, 1.165) is 0 Å². The van der Waals surface area contributed by atoms with Crippen LogP contribution in [-0.4, -0.2) is 23.3 Å². The molecule has 0 aromatic heterocycles. The van der Waals surface area contributed by atoms with Gasteiger partial charge in [-0.25, -0.2) is 4.79 Å². The second kappa shape index (κ2) is 7.90. The molecule has 24 heavy (non-hydrogen) atoms. The maximum absolute atomic E-state index is 12.2. The summed E-state index contributed by atoms with van der Waals surface area (Å²) in [6.45, 7) is 1.51. The molecule has 1 saturated heterocycles. The Labute approximate surface area is 150 Å². The third-order valence-corrected chi connectivity index (χ3v) is 6.73. The molecule has 1 aliphatic rings. The molecule has 124 valence electrons. The number of rotatable bonds is 4.